The first-order chi connectivity index (χ1) is 17.3. The number of nitriles is 2. The van der Waals surface area contributed by atoms with Crippen LogP contribution in [0.4, 0.5) is 0 Å². The van der Waals surface area contributed by atoms with Crippen LogP contribution in [0.5, 0.6) is 5.75 Å². The molecule has 36 heavy (non-hydrogen) atoms. The van der Waals surface area contributed by atoms with Crippen LogP contribution in [0, 0.1) is 22.7 Å². The Labute approximate surface area is 207 Å². The number of aromatic nitrogens is 4. The zero-order valence-electron chi connectivity index (χ0n) is 20.1. The molecule has 0 aliphatic heterocycles. The summed E-state index contributed by atoms with van der Waals surface area (Å²) in [5.41, 5.74) is 4.65. The van der Waals surface area contributed by atoms with Gasteiger partial charge in [-0.3, -0.25) is 19.1 Å². The van der Waals surface area contributed by atoms with Gasteiger partial charge in [0.25, 0.3) is 0 Å². The molecule has 5 rings (SSSR count). The smallest absolute Gasteiger partial charge is 0.333 e. The zero-order valence-corrected chi connectivity index (χ0v) is 20.1. The molecule has 8 heteroatoms. The molecule has 3 heterocycles. The lowest BCUT2D eigenvalue weighted by molar-refractivity contribution is 0.367. The molecule has 0 bridgehead atoms. The van der Waals surface area contributed by atoms with Gasteiger partial charge in [-0.15, -0.1) is 0 Å². The third-order valence-corrected chi connectivity index (χ3v) is 6.36. The summed E-state index contributed by atoms with van der Waals surface area (Å²) in [7, 11) is 1.73. The summed E-state index contributed by atoms with van der Waals surface area (Å²) in [6.07, 6.45) is 5.00. The number of benzene rings is 2. The van der Waals surface area contributed by atoms with E-state index in [4.69, 9.17) is 10.00 Å². The van der Waals surface area contributed by atoms with Gasteiger partial charge in [0, 0.05) is 24.2 Å². The molecular formula is C28H22N6O2. The highest BCUT2D eigenvalue weighted by Crippen LogP contribution is 2.31. The molecule has 0 radical (unpaired) electrons. The average Bonchev–Trinajstić information content (AvgIpc) is 3.17. The van der Waals surface area contributed by atoms with Gasteiger partial charge < -0.3 is 4.74 Å². The van der Waals surface area contributed by atoms with Crippen molar-refractivity contribution in [1.29, 1.82) is 10.5 Å². The Morgan fingerprint density at radius 2 is 1.78 bits per heavy atom. The normalized spacial score (nSPS) is 11.4. The molecule has 0 aliphatic carbocycles. The quantitative estimate of drug-likeness (QED) is 0.367. The number of nitrogens with zero attached hydrogens (tertiary/aromatic N) is 6. The fourth-order valence-electron chi connectivity index (χ4n) is 4.28. The lowest BCUT2D eigenvalue weighted by Crippen LogP contribution is -2.21. The van der Waals surface area contributed by atoms with E-state index in [9.17, 15) is 10.1 Å². The van der Waals surface area contributed by atoms with E-state index in [-0.39, 0.29) is 12.3 Å². The van der Waals surface area contributed by atoms with Gasteiger partial charge in [-0.2, -0.15) is 10.5 Å². The van der Waals surface area contributed by atoms with Crippen molar-refractivity contribution in [2.75, 3.05) is 6.61 Å². The Morgan fingerprint density at radius 1 is 1.00 bits per heavy atom. The Kier molecular flexibility index (Phi) is 5.50. The Bertz CT molecular complexity index is 1770. The Balaban J connectivity index is 1.72. The van der Waals surface area contributed by atoms with Gasteiger partial charge in [0.2, 0.25) is 0 Å². The van der Waals surface area contributed by atoms with Gasteiger partial charge in [0.1, 0.15) is 11.8 Å². The predicted octanol–water partition coefficient (Wildman–Crippen LogP) is 4.64. The first-order valence-electron chi connectivity index (χ1n) is 11.3. The summed E-state index contributed by atoms with van der Waals surface area (Å²) in [6.45, 7) is 3.66. The number of hydrogen-bond donors (Lipinski definition) is 0. The van der Waals surface area contributed by atoms with E-state index in [0.29, 0.717) is 17.0 Å². The van der Waals surface area contributed by atoms with E-state index in [2.05, 4.69) is 16.0 Å². The first-order valence-corrected chi connectivity index (χ1v) is 11.3. The molecule has 176 valence electrons. The SMILES string of the molecule is Cn1c(=O)n(-c2ccc(C(C)(C)C#N)cc2)c2c3cc(-c4cncc(OCC#N)c4)ccc3ncc21. The molecule has 0 spiro atoms. The summed E-state index contributed by atoms with van der Waals surface area (Å²) in [6, 6.07) is 19.4. The summed E-state index contributed by atoms with van der Waals surface area (Å²) < 4.78 is 8.67. The molecule has 0 saturated carbocycles. The van der Waals surface area contributed by atoms with E-state index in [1.54, 1.807) is 34.8 Å². The van der Waals surface area contributed by atoms with Crippen LogP contribution in [0.1, 0.15) is 19.4 Å². The molecule has 5 aromatic rings. The lowest BCUT2D eigenvalue weighted by atomic mass is 9.86. The summed E-state index contributed by atoms with van der Waals surface area (Å²) in [4.78, 5) is 22.2. The van der Waals surface area contributed by atoms with E-state index in [0.717, 1.165) is 33.1 Å². The summed E-state index contributed by atoms with van der Waals surface area (Å²) >= 11 is 0. The molecular weight excluding hydrogens is 452 g/mol. The highest BCUT2D eigenvalue weighted by molar-refractivity contribution is 6.04. The van der Waals surface area contributed by atoms with Crippen molar-refractivity contribution in [2.24, 2.45) is 7.05 Å². The number of ether oxygens (including phenoxy) is 1. The second-order valence-electron chi connectivity index (χ2n) is 9.04. The standard InChI is InChI=1S/C28H22N6O2/c1-28(2,17-30)20-5-7-21(8-6-20)34-26-23-13-18(19-12-22(15-31-14-19)36-11-10-29)4-9-24(23)32-16-25(26)33(3)27(34)35/h4-9,12-16H,11H2,1-3H3. The Morgan fingerprint density at radius 3 is 2.50 bits per heavy atom. The summed E-state index contributed by atoms with van der Waals surface area (Å²) in [5, 5.41) is 19.1. The van der Waals surface area contributed by atoms with Crippen molar-refractivity contribution < 1.29 is 4.74 Å². The van der Waals surface area contributed by atoms with Crippen LogP contribution in [0.2, 0.25) is 0 Å². The maximum Gasteiger partial charge on any atom is 0.333 e. The second kappa shape index (κ2) is 8.68. The first kappa shape index (κ1) is 22.8. The molecule has 0 aliphatic rings. The van der Waals surface area contributed by atoms with Crippen molar-refractivity contribution in [1.82, 2.24) is 19.1 Å². The van der Waals surface area contributed by atoms with Gasteiger partial charge >= 0.3 is 5.69 Å². The van der Waals surface area contributed by atoms with Gasteiger partial charge in [-0.1, -0.05) is 18.2 Å². The van der Waals surface area contributed by atoms with E-state index in [1.165, 1.54) is 0 Å². The number of pyridine rings is 2. The summed E-state index contributed by atoms with van der Waals surface area (Å²) in [5.74, 6) is 0.502. The number of hydrogen-bond acceptors (Lipinski definition) is 6. The number of imidazole rings is 1. The molecule has 8 nitrogen and oxygen atoms in total. The second-order valence-corrected chi connectivity index (χ2v) is 9.04. The molecule has 0 N–H and O–H groups in total. The number of rotatable bonds is 5. The third-order valence-electron chi connectivity index (χ3n) is 6.36. The molecule has 2 aromatic carbocycles. The van der Waals surface area contributed by atoms with Crippen molar-refractivity contribution in [2.45, 2.75) is 19.3 Å². The van der Waals surface area contributed by atoms with Crippen LogP contribution in [0.25, 0.3) is 38.8 Å². The molecule has 0 unspecified atom stereocenters. The fourth-order valence-corrected chi connectivity index (χ4v) is 4.28. The van der Waals surface area contributed by atoms with Crippen molar-refractivity contribution in [3.05, 3.63) is 83.2 Å². The maximum absolute atomic E-state index is 13.4. The number of aryl methyl sites for hydroxylation is 1. The van der Waals surface area contributed by atoms with Crippen LogP contribution in [-0.4, -0.2) is 25.7 Å². The Hall–Kier alpha value is -4.95. The maximum atomic E-state index is 13.4. The minimum Gasteiger partial charge on any atom is -0.477 e. The van der Waals surface area contributed by atoms with Crippen LogP contribution in [0.15, 0.2) is 71.9 Å². The van der Waals surface area contributed by atoms with Gasteiger partial charge in [0.05, 0.1) is 46.1 Å². The minimum absolute atomic E-state index is 0.0615. The molecule has 3 aromatic heterocycles. The minimum atomic E-state index is -0.632. The average molecular weight is 475 g/mol. The van der Waals surface area contributed by atoms with Crippen molar-refractivity contribution >= 4 is 21.9 Å². The van der Waals surface area contributed by atoms with E-state index >= 15 is 0 Å². The van der Waals surface area contributed by atoms with Crippen LogP contribution >= 0.6 is 0 Å². The van der Waals surface area contributed by atoms with Gasteiger partial charge in [0.15, 0.2) is 6.61 Å². The van der Waals surface area contributed by atoms with Crippen LogP contribution in [0.3, 0.4) is 0 Å². The highest BCUT2D eigenvalue weighted by Gasteiger charge is 2.21. The van der Waals surface area contributed by atoms with E-state index in [1.807, 2.05) is 68.4 Å². The molecule has 0 amide bonds. The predicted molar refractivity (Wildman–Crippen MR) is 137 cm³/mol. The van der Waals surface area contributed by atoms with Crippen molar-refractivity contribution in [3.8, 4) is 34.7 Å². The monoisotopic (exact) mass is 474 g/mol. The van der Waals surface area contributed by atoms with Crippen LogP contribution in [-0.2, 0) is 12.5 Å². The molecule has 0 saturated heterocycles. The molecule has 0 atom stereocenters. The van der Waals surface area contributed by atoms with Gasteiger partial charge in [-0.25, -0.2) is 4.79 Å². The van der Waals surface area contributed by atoms with Crippen LogP contribution < -0.4 is 10.4 Å². The zero-order chi connectivity index (χ0) is 25.4. The van der Waals surface area contributed by atoms with Crippen molar-refractivity contribution in [3.63, 3.8) is 0 Å². The third kappa shape index (κ3) is 3.75. The topological polar surface area (TPSA) is 110 Å². The highest BCUT2D eigenvalue weighted by atomic mass is 16.5. The van der Waals surface area contributed by atoms with Gasteiger partial charge in [-0.05, 0) is 55.3 Å². The lowest BCUT2D eigenvalue weighted by Gasteiger charge is -2.16. The molecule has 0 fully saturated rings. The largest absolute Gasteiger partial charge is 0.477 e. The van der Waals surface area contributed by atoms with E-state index < -0.39 is 5.41 Å². The fraction of sp³-hybridized carbons (Fsp3) is 0.179. The number of fused-ring (bicyclic) bond motifs is 3.